The molecule has 1 heterocycles. The fraction of sp³-hybridized carbons (Fsp3) is 0.133. The number of halogens is 4. The molecular weight excluding hydrogens is 364 g/mol. The number of thioether (sulfide) groups is 1. The molecule has 0 saturated carbocycles. The number of pyridine rings is 1. The Morgan fingerprint density at radius 2 is 1.96 bits per heavy atom. The lowest BCUT2D eigenvalue weighted by molar-refractivity contribution is -0.137. The van der Waals surface area contributed by atoms with Gasteiger partial charge in [0.1, 0.15) is 10.8 Å². The van der Waals surface area contributed by atoms with Crippen LogP contribution in [0.15, 0.2) is 41.6 Å². The summed E-state index contributed by atoms with van der Waals surface area (Å²) in [6.45, 7) is 0. The molecule has 2 N–H and O–H groups in total. The molecule has 132 valence electrons. The van der Waals surface area contributed by atoms with Gasteiger partial charge in [-0.1, -0.05) is 11.8 Å². The van der Waals surface area contributed by atoms with Gasteiger partial charge in [0.25, 0.3) is 0 Å². The van der Waals surface area contributed by atoms with Crippen LogP contribution in [-0.2, 0) is 11.0 Å². The number of carboxylic acids is 1. The second-order valence-electron chi connectivity index (χ2n) is 4.69. The van der Waals surface area contributed by atoms with Crippen LogP contribution in [-0.4, -0.2) is 27.7 Å². The number of anilines is 1. The predicted molar refractivity (Wildman–Crippen MR) is 82.0 cm³/mol. The average Bonchev–Trinajstić information content (AvgIpc) is 2.54. The molecule has 0 aliphatic rings. The number of amides is 1. The van der Waals surface area contributed by atoms with Gasteiger partial charge in [-0.2, -0.15) is 13.2 Å². The zero-order chi connectivity index (χ0) is 18.6. The van der Waals surface area contributed by atoms with Gasteiger partial charge in [-0.25, -0.2) is 14.2 Å². The molecule has 0 bridgehead atoms. The standard InChI is InChI=1S/C15H10F4N2O3S/c16-8-3-4-11(10(6-8)15(17,18)19)21-12(22)7-25-13-9(14(23)24)2-1-5-20-13/h1-6H,7H2,(H,21,22)(H,23,24). The zero-order valence-corrected chi connectivity index (χ0v) is 13.1. The molecule has 0 aliphatic carbocycles. The lowest BCUT2D eigenvalue weighted by Gasteiger charge is -2.13. The minimum absolute atomic E-state index is 0.0558. The van der Waals surface area contributed by atoms with E-state index in [-0.39, 0.29) is 22.4 Å². The number of rotatable bonds is 5. The zero-order valence-electron chi connectivity index (χ0n) is 12.3. The Hall–Kier alpha value is -2.62. The van der Waals surface area contributed by atoms with E-state index in [1.165, 1.54) is 18.3 Å². The lowest BCUT2D eigenvalue weighted by Crippen LogP contribution is -2.18. The van der Waals surface area contributed by atoms with Crippen LogP contribution in [0.25, 0.3) is 0 Å². The summed E-state index contributed by atoms with van der Waals surface area (Å²) in [5.74, 6) is -3.51. The van der Waals surface area contributed by atoms with Crippen molar-refractivity contribution < 1.29 is 32.3 Å². The van der Waals surface area contributed by atoms with Gasteiger partial charge in [0, 0.05) is 6.20 Å². The van der Waals surface area contributed by atoms with Gasteiger partial charge in [-0.15, -0.1) is 0 Å². The van der Waals surface area contributed by atoms with Crippen LogP contribution in [0, 0.1) is 5.82 Å². The Kier molecular flexibility index (Phi) is 5.62. The second kappa shape index (κ2) is 7.51. The Balaban J connectivity index is 2.11. The van der Waals surface area contributed by atoms with Gasteiger partial charge in [0.05, 0.1) is 22.6 Å². The molecule has 0 aliphatic heterocycles. The molecular formula is C15H10F4N2O3S. The lowest BCUT2D eigenvalue weighted by atomic mass is 10.1. The molecule has 2 aromatic rings. The number of aromatic carboxylic acids is 1. The average molecular weight is 374 g/mol. The van der Waals surface area contributed by atoms with E-state index in [4.69, 9.17) is 5.11 Å². The molecule has 0 unspecified atom stereocenters. The molecule has 1 aromatic carbocycles. The largest absolute Gasteiger partial charge is 0.478 e. The van der Waals surface area contributed by atoms with E-state index < -0.39 is 35.1 Å². The molecule has 0 atom stereocenters. The number of nitrogens with one attached hydrogen (secondary N) is 1. The first-order valence-corrected chi connectivity index (χ1v) is 7.64. The quantitative estimate of drug-likeness (QED) is 0.617. The van der Waals surface area contributed by atoms with E-state index >= 15 is 0 Å². The summed E-state index contributed by atoms with van der Waals surface area (Å²) in [6, 6.07) is 4.58. The number of alkyl halides is 3. The van der Waals surface area contributed by atoms with Crippen LogP contribution in [0.2, 0.25) is 0 Å². The number of carbonyl (C=O) groups excluding carboxylic acids is 1. The molecule has 5 nitrogen and oxygen atoms in total. The predicted octanol–water partition coefficient (Wildman–Crippen LogP) is 3.67. The molecule has 0 saturated heterocycles. The van der Waals surface area contributed by atoms with Gasteiger partial charge in [0.15, 0.2) is 0 Å². The van der Waals surface area contributed by atoms with Gasteiger partial charge < -0.3 is 10.4 Å². The monoisotopic (exact) mass is 374 g/mol. The normalized spacial score (nSPS) is 11.2. The first-order valence-electron chi connectivity index (χ1n) is 6.66. The number of hydrogen-bond acceptors (Lipinski definition) is 4. The topological polar surface area (TPSA) is 79.3 Å². The summed E-state index contributed by atoms with van der Waals surface area (Å²) >= 11 is 0.760. The van der Waals surface area contributed by atoms with E-state index in [1.807, 2.05) is 5.32 Å². The van der Waals surface area contributed by atoms with E-state index in [9.17, 15) is 27.2 Å². The molecule has 0 radical (unpaired) electrons. The van der Waals surface area contributed by atoms with Gasteiger partial charge in [-0.3, -0.25) is 4.79 Å². The summed E-state index contributed by atoms with van der Waals surface area (Å²) in [5, 5.41) is 11.1. The fourth-order valence-electron chi connectivity index (χ4n) is 1.85. The van der Waals surface area contributed by atoms with Crippen molar-refractivity contribution in [1.29, 1.82) is 0 Å². The Labute approximate surface area is 143 Å². The SMILES string of the molecule is O=C(CSc1ncccc1C(=O)O)Nc1ccc(F)cc1C(F)(F)F. The van der Waals surface area contributed by atoms with Crippen molar-refractivity contribution in [3.05, 3.63) is 53.5 Å². The summed E-state index contributed by atoms with van der Waals surface area (Å²) in [7, 11) is 0. The Morgan fingerprint density at radius 1 is 1.24 bits per heavy atom. The third kappa shape index (κ3) is 4.92. The summed E-state index contributed by atoms with van der Waals surface area (Å²) < 4.78 is 51.6. The molecule has 0 spiro atoms. The van der Waals surface area contributed by atoms with E-state index in [0.29, 0.717) is 0 Å². The van der Waals surface area contributed by atoms with Crippen molar-refractivity contribution in [3.8, 4) is 0 Å². The smallest absolute Gasteiger partial charge is 0.418 e. The van der Waals surface area contributed by atoms with Crippen LogP contribution >= 0.6 is 11.8 Å². The van der Waals surface area contributed by atoms with Crippen LogP contribution < -0.4 is 5.32 Å². The highest BCUT2D eigenvalue weighted by Gasteiger charge is 2.34. The van der Waals surface area contributed by atoms with Crippen LogP contribution in [0.4, 0.5) is 23.2 Å². The van der Waals surface area contributed by atoms with E-state index in [1.54, 1.807) is 0 Å². The van der Waals surface area contributed by atoms with Crippen molar-refractivity contribution >= 4 is 29.3 Å². The molecule has 25 heavy (non-hydrogen) atoms. The minimum Gasteiger partial charge on any atom is -0.478 e. The number of nitrogens with zero attached hydrogens (tertiary/aromatic N) is 1. The Morgan fingerprint density at radius 3 is 2.60 bits per heavy atom. The maximum absolute atomic E-state index is 13.0. The van der Waals surface area contributed by atoms with Gasteiger partial charge in [0.2, 0.25) is 5.91 Å². The van der Waals surface area contributed by atoms with Crippen LogP contribution in [0.1, 0.15) is 15.9 Å². The van der Waals surface area contributed by atoms with Crippen molar-refractivity contribution in [1.82, 2.24) is 4.98 Å². The maximum atomic E-state index is 13.0. The first-order chi connectivity index (χ1) is 11.7. The highest BCUT2D eigenvalue weighted by molar-refractivity contribution is 8.00. The highest BCUT2D eigenvalue weighted by atomic mass is 32.2. The van der Waals surface area contributed by atoms with Crippen molar-refractivity contribution in [2.45, 2.75) is 11.2 Å². The number of carboxylic acid groups (broad SMARTS) is 1. The molecule has 0 fully saturated rings. The molecule has 2 rings (SSSR count). The van der Waals surface area contributed by atoms with Crippen molar-refractivity contribution in [2.24, 2.45) is 0 Å². The number of hydrogen-bond donors (Lipinski definition) is 2. The highest BCUT2D eigenvalue weighted by Crippen LogP contribution is 2.35. The summed E-state index contributed by atoms with van der Waals surface area (Å²) in [5.41, 5.74) is -2.02. The number of aromatic nitrogens is 1. The van der Waals surface area contributed by atoms with E-state index in [2.05, 4.69) is 4.98 Å². The summed E-state index contributed by atoms with van der Waals surface area (Å²) in [6.07, 6.45) is -3.51. The molecule has 1 aromatic heterocycles. The van der Waals surface area contributed by atoms with Crippen LogP contribution in [0.3, 0.4) is 0 Å². The van der Waals surface area contributed by atoms with E-state index in [0.717, 1.165) is 23.9 Å². The van der Waals surface area contributed by atoms with Crippen molar-refractivity contribution in [3.63, 3.8) is 0 Å². The molecule has 1 amide bonds. The minimum atomic E-state index is -4.84. The van der Waals surface area contributed by atoms with Crippen molar-refractivity contribution in [2.75, 3.05) is 11.1 Å². The summed E-state index contributed by atoms with van der Waals surface area (Å²) in [4.78, 5) is 26.7. The van der Waals surface area contributed by atoms with Gasteiger partial charge in [-0.05, 0) is 30.3 Å². The third-order valence-electron chi connectivity index (χ3n) is 2.90. The number of benzene rings is 1. The van der Waals surface area contributed by atoms with Gasteiger partial charge >= 0.3 is 12.1 Å². The second-order valence-corrected chi connectivity index (χ2v) is 5.65. The fourth-order valence-corrected chi connectivity index (χ4v) is 2.64. The first kappa shape index (κ1) is 18.7. The Bertz CT molecular complexity index is 812. The maximum Gasteiger partial charge on any atom is 0.418 e. The third-order valence-corrected chi connectivity index (χ3v) is 3.91. The van der Waals surface area contributed by atoms with Crippen LogP contribution in [0.5, 0.6) is 0 Å². The molecule has 10 heteroatoms. The number of carbonyl (C=O) groups is 2.